The summed E-state index contributed by atoms with van der Waals surface area (Å²) in [6.07, 6.45) is 0. The van der Waals surface area contributed by atoms with Crippen LogP contribution in [0.5, 0.6) is 0 Å². The topological polar surface area (TPSA) is 41.1 Å². The molecule has 0 aliphatic rings. The number of nitrogens with one attached hydrogen (secondary N) is 2. The molecule has 2 atom stereocenters. The lowest BCUT2D eigenvalue weighted by Gasteiger charge is -2.21. The second-order valence-corrected chi connectivity index (χ2v) is 5.97. The third kappa shape index (κ3) is 4.47. The molecular weight excluding hydrogens is 319 g/mol. The molecule has 2 rings (SSSR count). The Kier molecular flexibility index (Phi) is 5.83. The molecule has 2 aromatic carbocycles. The van der Waals surface area contributed by atoms with Gasteiger partial charge in [0.2, 0.25) is 5.91 Å². The molecule has 0 fully saturated rings. The van der Waals surface area contributed by atoms with E-state index in [4.69, 9.17) is 23.2 Å². The minimum Gasteiger partial charge on any atom is -0.325 e. The first kappa shape index (κ1) is 16.8. The van der Waals surface area contributed by atoms with Gasteiger partial charge in [-0.15, -0.1) is 0 Å². The largest absolute Gasteiger partial charge is 0.325 e. The Morgan fingerprint density at radius 1 is 1.05 bits per heavy atom. The molecule has 0 aliphatic carbocycles. The molecule has 0 bridgehead atoms. The number of hydrogen-bond donors (Lipinski definition) is 2. The average molecular weight is 337 g/mol. The van der Waals surface area contributed by atoms with Gasteiger partial charge < -0.3 is 5.32 Å². The van der Waals surface area contributed by atoms with E-state index in [0.29, 0.717) is 15.7 Å². The van der Waals surface area contributed by atoms with Gasteiger partial charge in [0, 0.05) is 21.8 Å². The average Bonchev–Trinajstić information content (AvgIpc) is 2.47. The number of carbonyl (C=O) groups is 1. The number of carbonyl (C=O) groups excluding carboxylic acids is 1. The lowest BCUT2D eigenvalue weighted by molar-refractivity contribution is -0.117. The van der Waals surface area contributed by atoms with Crippen molar-refractivity contribution in [1.29, 1.82) is 0 Å². The molecule has 0 spiro atoms. The molecule has 116 valence electrons. The fourth-order valence-electron chi connectivity index (χ4n) is 2.18. The molecule has 0 unspecified atom stereocenters. The summed E-state index contributed by atoms with van der Waals surface area (Å²) >= 11 is 12.1. The maximum absolute atomic E-state index is 12.2. The van der Waals surface area contributed by atoms with Crippen molar-refractivity contribution in [2.45, 2.75) is 25.9 Å². The monoisotopic (exact) mass is 336 g/mol. The Morgan fingerprint density at radius 2 is 1.77 bits per heavy atom. The highest BCUT2D eigenvalue weighted by Crippen LogP contribution is 2.22. The van der Waals surface area contributed by atoms with Crippen LogP contribution in [-0.4, -0.2) is 11.9 Å². The van der Waals surface area contributed by atoms with Crippen LogP contribution in [0, 0.1) is 0 Å². The summed E-state index contributed by atoms with van der Waals surface area (Å²) in [7, 11) is 0. The van der Waals surface area contributed by atoms with Gasteiger partial charge >= 0.3 is 0 Å². The van der Waals surface area contributed by atoms with E-state index in [1.165, 1.54) is 0 Å². The van der Waals surface area contributed by atoms with Gasteiger partial charge in [-0.1, -0.05) is 47.5 Å². The third-order valence-corrected chi connectivity index (χ3v) is 3.94. The van der Waals surface area contributed by atoms with Gasteiger partial charge in [-0.05, 0) is 43.7 Å². The highest BCUT2D eigenvalue weighted by molar-refractivity contribution is 6.31. The zero-order chi connectivity index (χ0) is 16.1. The first-order valence-corrected chi connectivity index (χ1v) is 7.80. The minimum atomic E-state index is -0.370. The van der Waals surface area contributed by atoms with Crippen molar-refractivity contribution in [2.24, 2.45) is 0 Å². The number of hydrogen-bond acceptors (Lipinski definition) is 2. The molecule has 0 aromatic heterocycles. The number of rotatable bonds is 5. The van der Waals surface area contributed by atoms with Gasteiger partial charge in [0.25, 0.3) is 0 Å². The number of anilines is 1. The van der Waals surface area contributed by atoms with Crippen LogP contribution in [0.4, 0.5) is 5.69 Å². The summed E-state index contributed by atoms with van der Waals surface area (Å²) in [5.74, 6) is -0.124. The second kappa shape index (κ2) is 7.63. The van der Waals surface area contributed by atoms with Crippen LogP contribution in [0.15, 0.2) is 48.5 Å². The number of benzene rings is 2. The van der Waals surface area contributed by atoms with Crippen LogP contribution in [-0.2, 0) is 4.79 Å². The molecule has 2 N–H and O–H groups in total. The van der Waals surface area contributed by atoms with Crippen molar-refractivity contribution in [3.05, 3.63) is 64.1 Å². The summed E-state index contributed by atoms with van der Waals surface area (Å²) in [5.41, 5.74) is 1.64. The Labute approximate surface area is 140 Å². The van der Waals surface area contributed by atoms with E-state index >= 15 is 0 Å². The summed E-state index contributed by atoms with van der Waals surface area (Å²) < 4.78 is 0. The first-order chi connectivity index (χ1) is 10.5. The van der Waals surface area contributed by atoms with Crippen LogP contribution in [0.1, 0.15) is 25.5 Å². The smallest absolute Gasteiger partial charge is 0.241 e. The lowest BCUT2D eigenvalue weighted by Crippen LogP contribution is -2.39. The van der Waals surface area contributed by atoms with E-state index in [2.05, 4.69) is 10.6 Å². The molecule has 0 saturated heterocycles. The Balaban J connectivity index is 1.98. The quantitative estimate of drug-likeness (QED) is 0.832. The Morgan fingerprint density at radius 3 is 2.45 bits per heavy atom. The molecule has 2 aromatic rings. The van der Waals surface area contributed by atoms with Crippen molar-refractivity contribution in [3.63, 3.8) is 0 Å². The predicted octanol–water partition coefficient (Wildman–Crippen LogP) is 4.67. The summed E-state index contributed by atoms with van der Waals surface area (Å²) in [5, 5.41) is 7.35. The molecule has 0 heterocycles. The van der Waals surface area contributed by atoms with E-state index in [-0.39, 0.29) is 18.0 Å². The summed E-state index contributed by atoms with van der Waals surface area (Å²) in [6.45, 7) is 3.79. The maximum Gasteiger partial charge on any atom is 0.241 e. The van der Waals surface area contributed by atoms with Crippen LogP contribution < -0.4 is 10.6 Å². The van der Waals surface area contributed by atoms with Crippen molar-refractivity contribution >= 4 is 34.8 Å². The van der Waals surface area contributed by atoms with Gasteiger partial charge in [-0.25, -0.2) is 0 Å². The Bertz CT molecular complexity index is 661. The van der Waals surface area contributed by atoms with Gasteiger partial charge in [-0.3, -0.25) is 10.1 Å². The van der Waals surface area contributed by atoms with Crippen molar-refractivity contribution in [1.82, 2.24) is 5.32 Å². The van der Waals surface area contributed by atoms with E-state index in [0.717, 1.165) is 5.56 Å². The Hall–Kier alpha value is -1.55. The predicted molar refractivity (Wildman–Crippen MR) is 92.5 cm³/mol. The van der Waals surface area contributed by atoms with Crippen molar-refractivity contribution in [2.75, 3.05) is 5.32 Å². The van der Waals surface area contributed by atoms with Gasteiger partial charge in [0.15, 0.2) is 0 Å². The van der Waals surface area contributed by atoms with Gasteiger partial charge in [-0.2, -0.15) is 0 Å². The maximum atomic E-state index is 12.2. The fourth-order valence-corrected chi connectivity index (χ4v) is 2.67. The van der Waals surface area contributed by atoms with Crippen LogP contribution in [0.2, 0.25) is 10.0 Å². The molecular formula is C17H18Cl2N2O. The minimum absolute atomic E-state index is 0.0335. The molecule has 22 heavy (non-hydrogen) atoms. The number of halogens is 2. The molecule has 5 heteroatoms. The molecule has 3 nitrogen and oxygen atoms in total. The second-order valence-electron chi connectivity index (χ2n) is 5.13. The zero-order valence-electron chi connectivity index (χ0n) is 12.4. The van der Waals surface area contributed by atoms with Crippen molar-refractivity contribution < 1.29 is 4.79 Å². The highest BCUT2D eigenvalue weighted by atomic mass is 35.5. The SMILES string of the molecule is C[C@H](N[C@@H](C)c1ccccc1Cl)C(=O)Nc1cccc(Cl)c1. The fraction of sp³-hybridized carbons (Fsp3) is 0.235. The third-order valence-electron chi connectivity index (χ3n) is 3.36. The van der Waals surface area contributed by atoms with Crippen LogP contribution >= 0.6 is 23.2 Å². The molecule has 0 radical (unpaired) electrons. The molecule has 1 amide bonds. The zero-order valence-corrected chi connectivity index (χ0v) is 13.9. The number of amides is 1. The van der Waals surface area contributed by atoms with Gasteiger partial charge in [0.05, 0.1) is 6.04 Å². The van der Waals surface area contributed by atoms with E-state index < -0.39 is 0 Å². The normalized spacial score (nSPS) is 13.5. The van der Waals surface area contributed by atoms with E-state index in [1.54, 1.807) is 24.3 Å². The van der Waals surface area contributed by atoms with Crippen LogP contribution in [0.3, 0.4) is 0 Å². The van der Waals surface area contributed by atoms with E-state index in [9.17, 15) is 4.79 Å². The first-order valence-electron chi connectivity index (χ1n) is 7.04. The van der Waals surface area contributed by atoms with E-state index in [1.807, 2.05) is 38.1 Å². The molecule has 0 aliphatic heterocycles. The standard InChI is InChI=1S/C17H18Cl2N2O/c1-11(15-8-3-4-9-16(15)19)20-12(2)17(22)21-14-7-5-6-13(18)10-14/h3-12,20H,1-2H3,(H,21,22)/t11-,12-/m0/s1. The van der Waals surface area contributed by atoms with Crippen molar-refractivity contribution in [3.8, 4) is 0 Å². The van der Waals surface area contributed by atoms with Gasteiger partial charge in [0.1, 0.15) is 0 Å². The van der Waals surface area contributed by atoms with Crippen LogP contribution in [0.25, 0.3) is 0 Å². The highest BCUT2D eigenvalue weighted by Gasteiger charge is 2.17. The summed E-state index contributed by atoms with van der Waals surface area (Å²) in [4.78, 5) is 12.2. The summed E-state index contributed by atoms with van der Waals surface area (Å²) in [6, 6.07) is 14.3. The lowest BCUT2D eigenvalue weighted by atomic mass is 10.1. The molecule has 0 saturated carbocycles.